The molecule has 0 bridgehead atoms. The lowest BCUT2D eigenvalue weighted by Crippen LogP contribution is -2.12. The molecule has 0 aliphatic rings. The van der Waals surface area contributed by atoms with Crippen LogP contribution in [0.5, 0.6) is 0 Å². The van der Waals surface area contributed by atoms with Gasteiger partial charge < -0.3 is 15.8 Å². The van der Waals surface area contributed by atoms with Crippen molar-refractivity contribution in [1.29, 1.82) is 0 Å². The van der Waals surface area contributed by atoms with Gasteiger partial charge in [-0.15, -0.1) is 11.3 Å². The van der Waals surface area contributed by atoms with Gasteiger partial charge in [0.05, 0.1) is 24.1 Å². The molecule has 160 valence electrons. The third-order valence-electron chi connectivity index (χ3n) is 4.06. The van der Waals surface area contributed by atoms with Gasteiger partial charge in [-0.2, -0.15) is 13.2 Å². The Morgan fingerprint density at radius 1 is 1.03 bits per heavy atom. The number of anilines is 3. The Morgan fingerprint density at radius 3 is 2.23 bits per heavy atom. The molecule has 0 radical (unpaired) electrons. The van der Waals surface area contributed by atoms with Crippen molar-refractivity contribution in [3.63, 3.8) is 0 Å². The van der Waals surface area contributed by atoms with E-state index in [1.54, 1.807) is 17.5 Å². The van der Waals surface area contributed by atoms with Crippen LogP contribution in [-0.2, 0) is 16.9 Å². The van der Waals surface area contributed by atoms with Gasteiger partial charge >= 0.3 is 6.18 Å². The molecule has 1 heterocycles. The SMILES string of the molecule is CON([O-])c1ccc(-c2csc(Nc3cc(C(C)(F)F)cc(C(F)(F)F)c3)n2)cc1. The second-order valence-corrected chi connectivity index (χ2v) is 7.19. The fraction of sp³-hybridized carbons (Fsp3) is 0.211. The fourth-order valence-electron chi connectivity index (χ4n) is 2.56. The standard InChI is InChI=1S/C19H15F5N3O2S/c1-18(20,21)12-7-13(19(22,23)24)9-14(8-12)25-17-26-16(10-30-17)11-3-5-15(6-4-11)27(28)29-2/h3-10H,1-2H3,(H,25,26)/q-1. The van der Waals surface area contributed by atoms with Gasteiger partial charge in [-0.1, -0.05) is 12.1 Å². The number of nitrogens with one attached hydrogen (secondary N) is 1. The van der Waals surface area contributed by atoms with Crippen LogP contribution in [0.4, 0.5) is 38.5 Å². The Morgan fingerprint density at radius 2 is 1.67 bits per heavy atom. The Bertz CT molecular complexity index is 984. The first kappa shape index (κ1) is 21.9. The van der Waals surface area contributed by atoms with Crippen LogP contribution in [0.2, 0.25) is 0 Å². The van der Waals surface area contributed by atoms with E-state index < -0.39 is 23.2 Å². The summed E-state index contributed by atoms with van der Waals surface area (Å²) in [6.45, 7) is 0.532. The Labute approximate surface area is 172 Å². The first-order valence-electron chi connectivity index (χ1n) is 8.42. The van der Waals surface area contributed by atoms with Crippen molar-refractivity contribution < 1.29 is 26.8 Å². The second kappa shape index (κ2) is 8.17. The van der Waals surface area contributed by atoms with Gasteiger partial charge in [0.15, 0.2) is 5.13 Å². The number of benzene rings is 2. The molecule has 30 heavy (non-hydrogen) atoms. The minimum absolute atomic E-state index is 0.153. The number of hydrogen-bond acceptors (Lipinski definition) is 6. The molecule has 0 atom stereocenters. The lowest BCUT2D eigenvalue weighted by atomic mass is 10.0. The molecule has 0 fully saturated rings. The van der Waals surface area contributed by atoms with Crippen LogP contribution in [0, 0.1) is 5.21 Å². The minimum atomic E-state index is -4.77. The average molecular weight is 444 g/mol. The molecule has 1 aromatic heterocycles. The van der Waals surface area contributed by atoms with Crippen molar-refractivity contribution in [3.8, 4) is 11.3 Å². The minimum Gasteiger partial charge on any atom is -0.733 e. The highest BCUT2D eigenvalue weighted by molar-refractivity contribution is 7.14. The molecular weight excluding hydrogens is 429 g/mol. The van der Waals surface area contributed by atoms with Crippen molar-refractivity contribution in [1.82, 2.24) is 4.98 Å². The summed E-state index contributed by atoms with van der Waals surface area (Å²) >= 11 is 1.09. The first-order valence-corrected chi connectivity index (χ1v) is 9.30. The van der Waals surface area contributed by atoms with Gasteiger partial charge in [0.25, 0.3) is 5.92 Å². The van der Waals surface area contributed by atoms with E-state index in [1.807, 2.05) is 0 Å². The highest BCUT2D eigenvalue weighted by Gasteiger charge is 2.34. The van der Waals surface area contributed by atoms with Crippen molar-refractivity contribution in [3.05, 3.63) is 64.2 Å². The van der Waals surface area contributed by atoms with E-state index >= 15 is 0 Å². The Balaban J connectivity index is 1.87. The van der Waals surface area contributed by atoms with E-state index in [2.05, 4.69) is 15.1 Å². The number of thiazole rings is 1. The van der Waals surface area contributed by atoms with Crippen LogP contribution in [0.25, 0.3) is 11.3 Å². The van der Waals surface area contributed by atoms with Gasteiger partial charge in [-0.3, -0.25) is 4.84 Å². The lowest BCUT2D eigenvalue weighted by molar-refractivity contribution is -0.137. The smallest absolute Gasteiger partial charge is 0.416 e. The van der Waals surface area contributed by atoms with E-state index in [0.29, 0.717) is 29.5 Å². The zero-order valence-electron chi connectivity index (χ0n) is 15.6. The van der Waals surface area contributed by atoms with E-state index in [0.717, 1.165) is 23.5 Å². The fourth-order valence-corrected chi connectivity index (χ4v) is 3.30. The molecule has 0 spiro atoms. The highest BCUT2D eigenvalue weighted by Crippen LogP contribution is 2.38. The molecule has 0 aliphatic carbocycles. The molecule has 5 nitrogen and oxygen atoms in total. The number of alkyl halides is 5. The predicted molar refractivity (Wildman–Crippen MR) is 105 cm³/mol. The maximum atomic E-state index is 13.6. The Hall–Kier alpha value is -2.76. The second-order valence-electron chi connectivity index (χ2n) is 6.33. The number of nitrogens with zero attached hydrogens (tertiary/aromatic N) is 2. The molecule has 0 aliphatic heterocycles. The van der Waals surface area contributed by atoms with Crippen LogP contribution < -0.4 is 10.5 Å². The van der Waals surface area contributed by atoms with Gasteiger partial charge in [0, 0.05) is 29.1 Å². The topological polar surface area (TPSA) is 60.5 Å². The zero-order valence-corrected chi connectivity index (χ0v) is 16.4. The molecule has 3 aromatic rings. The van der Waals surface area contributed by atoms with Gasteiger partial charge in [-0.05, 0) is 30.3 Å². The molecule has 11 heteroatoms. The monoisotopic (exact) mass is 444 g/mol. The van der Waals surface area contributed by atoms with Gasteiger partial charge in [0.2, 0.25) is 0 Å². The molecule has 0 saturated carbocycles. The summed E-state index contributed by atoms with van der Waals surface area (Å²) in [6, 6.07) is 8.41. The van der Waals surface area contributed by atoms with Crippen LogP contribution in [0.3, 0.4) is 0 Å². The van der Waals surface area contributed by atoms with Crippen molar-refractivity contribution in [2.75, 3.05) is 17.7 Å². The molecule has 0 amide bonds. The van der Waals surface area contributed by atoms with Gasteiger partial charge in [0.1, 0.15) is 0 Å². The number of halogens is 5. The zero-order chi connectivity index (χ0) is 22.1. The van der Waals surface area contributed by atoms with Crippen molar-refractivity contribution in [2.24, 2.45) is 0 Å². The average Bonchev–Trinajstić information content (AvgIpc) is 3.14. The quantitative estimate of drug-likeness (QED) is 0.345. The summed E-state index contributed by atoms with van der Waals surface area (Å²) < 4.78 is 66.6. The summed E-state index contributed by atoms with van der Waals surface area (Å²) in [6.07, 6.45) is -4.77. The summed E-state index contributed by atoms with van der Waals surface area (Å²) in [5.74, 6) is -3.44. The third kappa shape index (κ3) is 5.04. The molecule has 2 aromatic carbocycles. The predicted octanol–water partition coefficient (Wildman–Crippen LogP) is 6.55. The number of hydrogen-bond donors (Lipinski definition) is 1. The normalized spacial score (nSPS) is 12.1. The first-order chi connectivity index (χ1) is 14.0. The van der Waals surface area contributed by atoms with E-state index in [9.17, 15) is 27.2 Å². The van der Waals surface area contributed by atoms with E-state index in [-0.39, 0.29) is 16.5 Å². The molecular formula is C19H15F5N3O2S-. The maximum Gasteiger partial charge on any atom is 0.416 e. The molecule has 1 N–H and O–H groups in total. The maximum absolute atomic E-state index is 13.6. The lowest BCUT2D eigenvalue weighted by Gasteiger charge is -2.26. The molecule has 3 rings (SSSR count). The summed E-state index contributed by atoms with van der Waals surface area (Å²) in [4.78, 5) is 8.81. The van der Waals surface area contributed by atoms with Crippen molar-refractivity contribution >= 4 is 27.8 Å². The van der Waals surface area contributed by atoms with Gasteiger partial charge in [-0.25, -0.2) is 13.8 Å². The Kier molecular flexibility index (Phi) is 5.97. The van der Waals surface area contributed by atoms with Crippen LogP contribution in [0.1, 0.15) is 18.1 Å². The third-order valence-corrected chi connectivity index (χ3v) is 4.82. The van der Waals surface area contributed by atoms with Crippen LogP contribution in [0.15, 0.2) is 47.8 Å². The molecule has 0 saturated heterocycles. The summed E-state index contributed by atoms with van der Waals surface area (Å²) in [5, 5.41) is 16.2. The largest absolute Gasteiger partial charge is 0.733 e. The van der Waals surface area contributed by atoms with Crippen LogP contribution in [-0.4, -0.2) is 12.1 Å². The highest BCUT2D eigenvalue weighted by atomic mass is 32.1. The van der Waals surface area contributed by atoms with Crippen molar-refractivity contribution in [2.45, 2.75) is 19.0 Å². The molecule has 0 unspecified atom stereocenters. The summed E-state index contributed by atoms with van der Waals surface area (Å²) in [7, 11) is 1.23. The number of aromatic nitrogens is 1. The van der Waals surface area contributed by atoms with E-state index in [1.165, 1.54) is 19.2 Å². The van der Waals surface area contributed by atoms with E-state index in [4.69, 9.17) is 0 Å². The summed E-state index contributed by atoms with van der Waals surface area (Å²) in [5.41, 5.74) is -0.676. The van der Waals surface area contributed by atoms with Crippen LogP contribution >= 0.6 is 11.3 Å². The number of rotatable bonds is 6.